The van der Waals surface area contributed by atoms with Crippen LogP contribution < -0.4 is 10.2 Å². The molecule has 0 aliphatic carbocycles. The van der Waals surface area contributed by atoms with Crippen molar-refractivity contribution in [2.24, 2.45) is 0 Å². The number of pyridine rings is 2. The lowest BCUT2D eigenvalue weighted by molar-refractivity contribution is -0.141. The van der Waals surface area contributed by atoms with E-state index in [0.717, 1.165) is 24.4 Å². The first-order valence-corrected chi connectivity index (χ1v) is 8.22. The molecular formula is C17H13F6N7. The van der Waals surface area contributed by atoms with Crippen LogP contribution >= 0.6 is 0 Å². The Hall–Kier alpha value is -3.51. The van der Waals surface area contributed by atoms with E-state index in [4.69, 9.17) is 0 Å². The highest BCUT2D eigenvalue weighted by Crippen LogP contribution is 2.31. The van der Waals surface area contributed by atoms with Gasteiger partial charge in [0.25, 0.3) is 0 Å². The lowest BCUT2D eigenvalue weighted by atomic mass is 10.3. The van der Waals surface area contributed by atoms with Crippen molar-refractivity contribution in [3.05, 3.63) is 47.9 Å². The predicted octanol–water partition coefficient (Wildman–Crippen LogP) is 4.18. The van der Waals surface area contributed by atoms with Crippen LogP contribution in [0.1, 0.15) is 11.4 Å². The topological polar surface area (TPSA) is 79.7 Å². The van der Waals surface area contributed by atoms with Crippen LogP contribution in [0.4, 0.5) is 43.9 Å². The number of rotatable bonds is 4. The van der Waals surface area contributed by atoms with Crippen molar-refractivity contribution in [2.75, 3.05) is 24.3 Å². The van der Waals surface area contributed by atoms with Crippen LogP contribution in [0.3, 0.4) is 0 Å². The smallest absolute Gasteiger partial charge is 0.347 e. The van der Waals surface area contributed by atoms with Gasteiger partial charge in [-0.25, -0.2) is 4.98 Å². The van der Waals surface area contributed by atoms with Crippen LogP contribution in [0, 0.1) is 0 Å². The van der Waals surface area contributed by atoms with E-state index < -0.39 is 23.7 Å². The molecule has 13 heteroatoms. The van der Waals surface area contributed by atoms with Crippen LogP contribution in [0.2, 0.25) is 0 Å². The van der Waals surface area contributed by atoms with Gasteiger partial charge in [-0.1, -0.05) is 6.07 Å². The molecule has 0 saturated heterocycles. The Morgan fingerprint density at radius 3 is 2.17 bits per heavy atom. The summed E-state index contributed by atoms with van der Waals surface area (Å²) in [6, 6.07) is 5.24. The van der Waals surface area contributed by atoms with Gasteiger partial charge in [0.2, 0.25) is 11.9 Å². The monoisotopic (exact) mass is 429 g/mol. The summed E-state index contributed by atoms with van der Waals surface area (Å²) < 4.78 is 77.4. The second-order valence-electron chi connectivity index (χ2n) is 6.14. The largest absolute Gasteiger partial charge is 0.433 e. The normalized spacial score (nSPS) is 12.0. The van der Waals surface area contributed by atoms with Gasteiger partial charge in [0, 0.05) is 26.0 Å². The third-order valence-corrected chi connectivity index (χ3v) is 3.60. The van der Waals surface area contributed by atoms with Crippen molar-refractivity contribution in [3.63, 3.8) is 0 Å². The third-order valence-electron chi connectivity index (χ3n) is 3.60. The molecule has 3 aromatic rings. The minimum atomic E-state index is -4.67. The highest BCUT2D eigenvalue weighted by Gasteiger charge is 2.33. The van der Waals surface area contributed by atoms with Crippen molar-refractivity contribution in [3.8, 4) is 11.5 Å². The summed E-state index contributed by atoms with van der Waals surface area (Å²) in [4.78, 5) is 20.4. The van der Waals surface area contributed by atoms with E-state index in [0.29, 0.717) is 0 Å². The van der Waals surface area contributed by atoms with Crippen molar-refractivity contribution in [1.29, 1.82) is 0 Å². The summed E-state index contributed by atoms with van der Waals surface area (Å²) in [5.41, 5.74) is -2.46. The van der Waals surface area contributed by atoms with E-state index in [-0.39, 0.29) is 29.1 Å². The van der Waals surface area contributed by atoms with Crippen LogP contribution in [0.15, 0.2) is 36.5 Å². The summed E-state index contributed by atoms with van der Waals surface area (Å²) in [5.74, 6) is -0.304. The number of hydrogen-bond donors (Lipinski definition) is 1. The van der Waals surface area contributed by atoms with Gasteiger partial charge in [0.15, 0.2) is 5.82 Å². The Bertz CT molecular complexity index is 1050. The zero-order chi connectivity index (χ0) is 22.1. The summed E-state index contributed by atoms with van der Waals surface area (Å²) in [5, 5.41) is 2.59. The highest BCUT2D eigenvalue weighted by atomic mass is 19.4. The second-order valence-corrected chi connectivity index (χ2v) is 6.14. The molecule has 0 atom stereocenters. The zero-order valence-corrected chi connectivity index (χ0v) is 15.4. The predicted molar refractivity (Wildman–Crippen MR) is 94.9 cm³/mol. The maximum atomic E-state index is 13.0. The number of nitrogens with zero attached hydrogens (tertiary/aromatic N) is 6. The van der Waals surface area contributed by atoms with Crippen molar-refractivity contribution < 1.29 is 26.3 Å². The van der Waals surface area contributed by atoms with E-state index in [2.05, 4.69) is 30.2 Å². The summed E-state index contributed by atoms with van der Waals surface area (Å²) >= 11 is 0. The molecule has 0 saturated carbocycles. The van der Waals surface area contributed by atoms with Gasteiger partial charge in [0.1, 0.15) is 17.1 Å². The number of halogens is 6. The maximum Gasteiger partial charge on any atom is 0.433 e. The molecule has 0 amide bonds. The Labute approximate surface area is 165 Å². The number of hydrogen-bond acceptors (Lipinski definition) is 7. The Kier molecular flexibility index (Phi) is 5.46. The number of alkyl halides is 6. The molecule has 0 aromatic carbocycles. The van der Waals surface area contributed by atoms with E-state index in [9.17, 15) is 26.3 Å². The first-order chi connectivity index (χ1) is 13.9. The van der Waals surface area contributed by atoms with Crippen LogP contribution in [0.5, 0.6) is 0 Å². The molecule has 0 aliphatic rings. The molecule has 3 heterocycles. The maximum absolute atomic E-state index is 13.0. The molecule has 0 unspecified atom stereocenters. The number of nitrogens with one attached hydrogen (secondary N) is 1. The van der Waals surface area contributed by atoms with E-state index >= 15 is 0 Å². The molecule has 1 N–H and O–H groups in total. The molecule has 0 fully saturated rings. The fraction of sp³-hybridized carbons (Fsp3) is 0.235. The first-order valence-electron chi connectivity index (χ1n) is 8.22. The molecular weight excluding hydrogens is 416 g/mol. The molecule has 0 radical (unpaired) electrons. The molecule has 3 aromatic heterocycles. The summed E-state index contributed by atoms with van der Waals surface area (Å²) in [6.07, 6.45) is -8.37. The minimum absolute atomic E-state index is 0.0174. The molecule has 7 nitrogen and oxygen atoms in total. The Morgan fingerprint density at radius 2 is 1.53 bits per heavy atom. The summed E-state index contributed by atoms with van der Waals surface area (Å²) in [6.45, 7) is 0. The summed E-state index contributed by atoms with van der Waals surface area (Å²) in [7, 11) is 3.16. The molecule has 30 heavy (non-hydrogen) atoms. The Morgan fingerprint density at radius 1 is 0.833 bits per heavy atom. The van der Waals surface area contributed by atoms with E-state index in [1.54, 1.807) is 14.1 Å². The molecule has 0 spiro atoms. The molecule has 3 rings (SSSR count). The van der Waals surface area contributed by atoms with Gasteiger partial charge in [0.05, 0.1) is 0 Å². The van der Waals surface area contributed by atoms with Crippen LogP contribution in [-0.4, -0.2) is 39.0 Å². The average Bonchev–Trinajstić information content (AvgIpc) is 2.67. The van der Waals surface area contributed by atoms with Gasteiger partial charge in [-0.05, 0) is 24.3 Å². The fourth-order valence-corrected chi connectivity index (χ4v) is 2.24. The lowest BCUT2D eigenvalue weighted by Crippen LogP contribution is -2.16. The third kappa shape index (κ3) is 4.90. The van der Waals surface area contributed by atoms with E-state index in [1.165, 1.54) is 17.0 Å². The zero-order valence-electron chi connectivity index (χ0n) is 15.4. The van der Waals surface area contributed by atoms with Gasteiger partial charge >= 0.3 is 12.4 Å². The van der Waals surface area contributed by atoms with E-state index in [1.807, 2.05) is 0 Å². The molecule has 0 aliphatic heterocycles. The van der Waals surface area contributed by atoms with Crippen molar-refractivity contribution in [1.82, 2.24) is 24.9 Å². The fourth-order valence-electron chi connectivity index (χ4n) is 2.24. The van der Waals surface area contributed by atoms with Gasteiger partial charge in [-0.3, -0.25) is 4.98 Å². The molecule has 158 valence electrons. The minimum Gasteiger partial charge on any atom is -0.347 e. The van der Waals surface area contributed by atoms with Crippen molar-refractivity contribution in [2.45, 2.75) is 12.4 Å². The van der Waals surface area contributed by atoms with Crippen molar-refractivity contribution >= 4 is 17.6 Å². The lowest BCUT2D eigenvalue weighted by Gasteiger charge is -2.14. The number of aromatic nitrogens is 5. The Balaban J connectivity index is 2.03. The molecule has 0 bridgehead atoms. The quantitative estimate of drug-likeness (QED) is 0.624. The highest BCUT2D eigenvalue weighted by molar-refractivity contribution is 5.59. The van der Waals surface area contributed by atoms with Crippen LogP contribution in [-0.2, 0) is 12.4 Å². The van der Waals surface area contributed by atoms with Gasteiger partial charge < -0.3 is 10.2 Å². The second kappa shape index (κ2) is 7.72. The standard InChI is InChI=1S/C17H13F6N7/c1-30(2)15-28-13(10-4-3-5-11(26-10)16(18,19)20)27-14(29-15)25-9-6-7-24-12(8-9)17(21,22)23/h3-8H,1-2H3,(H,24,25,27,28,29). The van der Waals surface area contributed by atoms with Gasteiger partial charge in [-0.15, -0.1) is 0 Å². The number of anilines is 3. The SMILES string of the molecule is CN(C)c1nc(Nc2ccnc(C(F)(F)F)c2)nc(-c2cccc(C(F)(F)F)n2)n1. The first kappa shape index (κ1) is 21.2. The van der Waals surface area contributed by atoms with Gasteiger partial charge in [-0.2, -0.15) is 41.3 Å². The average molecular weight is 429 g/mol. The van der Waals surface area contributed by atoms with Crippen LogP contribution in [0.25, 0.3) is 11.5 Å².